The number of hydrogen-bond acceptors (Lipinski definition) is 2. The lowest BCUT2D eigenvalue weighted by Gasteiger charge is -2.35. The zero-order chi connectivity index (χ0) is 13.7. The molecule has 1 aromatic carbocycles. The second-order valence-corrected chi connectivity index (χ2v) is 6.26. The zero-order valence-electron chi connectivity index (χ0n) is 12.0. The van der Waals surface area contributed by atoms with E-state index in [0.717, 1.165) is 37.1 Å². The Bertz CT molecular complexity index is 369. The normalized spacial score (nSPS) is 18.7. The molecule has 0 aromatic heterocycles. The van der Waals surface area contributed by atoms with Crippen molar-refractivity contribution in [3.8, 4) is 0 Å². The number of benzene rings is 1. The van der Waals surface area contributed by atoms with Gasteiger partial charge >= 0.3 is 0 Å². The van der Waals surface area contributed by atoms with E-state index in [1.165, 1.54) is 18.4 Å². The number of nitrogens with one attached hydrogen (secondary N) is 1. The Labute approximate surface area is 122 Å². The van der Waals surface area contributed by atoms with Crippen LogP contribution in [0.1, 0.15) is 38.3 Å². The Hall–Kier alpha value is -0.570. The van der Waals surface area contributed by atoms with Crippen LogP contribution >= 0.6 is 11.6 Å². The van der Waals surface area contributed by atoms with E-state index in [1.807, 2.05) is 12.1 Å². The fraction of sp³-hybridized carbons (Fsp3) is 0.625. The van der Waals surface area contributed by atoms with Gasteiger partial charge in [-0.15, -0.1) is 0 Å². The summed E-state index contributed by atoms with van der Waals surface area (Å²) in [4.78, 5) is 2.61. The summed E-state index contributed by atoms with van der Waals surface area (Å²) in [6.45, 7) is 9.10. The van der Waals surface area contributed by atoms with Gasteiger partial charge in [-0.1, -0.05) is 37.6 Å². The molecule has 1 N–H and O–H groups in total. The second-order valence-electron chi connectivity index (χ2n) is 5.82. The Balaban J connectivity index is 2.10. The van der Waals surface area contributed by atoms with Crippen molar-refractivity contribution in [2.45, 2.75) is 32.7 Å². The maximum atomic E-state index is 6.01. The molecule has 0 spiro atoms. The van der Waals surface area contributed by atoms with Crippen molar-refractivity contribution in [3.05, 3.63) is 34.9 Å². The van der Waals surface area contributed by atoms with Crippen LogP contribution in [0.25, 0.3) is 0 Å². The van der Waals surface area contributed by atoms with E-state index in [1.54, 1.807) is 0 Å². The van der Waals surface area contributed by atoms with E-state index in [9.17, 15) is 0 Å². The summed E-state index contributed by atoms with van der Waals surface area (Å²) in [6.07, 6.45) is 2.51. The van der Waals surface area contributed by atoms with Gasteiger partial charge in [0.2, 0.25) is 0 Å². The van der Waals surface area contributed by atoms with Crippen LogP contribution in [0.15, 0.2) is 24.3 Å². The van der Waals surface area contributed by atoms with Gasteiger partial charge in [-0.2, -0.15) is 0 Å². The molecule has 0 saturated carbocycles. The zero-order valence-corrected chi connectivity index (χ0v) is 12.8. The van der Waals surface area contributed by atoms with Crippen molar-refractivity contribution in [1.29, 1.82) is 0 Å². The standard InChI is InChI=1S/C16H25ClN2/c1-13(2)3-8-16(19-11-9-18-10-12-19)14-4-6-15(17)7-5-14/h4-7,13,16,18H,3,8-12H2,1-2H3/t16-/m1/s1. The van der Waals surface area contributed by atoms with Crippen LogP contribution in [0.2, 0.25) is 5.02 Å². The van der Waals surface area contributed by atoms with Gasteiger partial charge in [0.15, 0.2) is 0 Å². The van der Waals surface area contributed by atoms with E-state index in [4.69, 9.17) is 11.6 Å². The summed E-state index contributed by atoms with van der Waals surface area (Å²) >= 11 is 6.01. The van der Waals surface area contributed by atoms with Crippen molar-refractivity contribution >= 4 is 11.6 Å². The number of hydrogen-bond donors (Lipinski definition) is 1. The first-order valence-electron chi connectivity index (χ1n) is 7.37. The van der Waals surface area contributed by atoms with Gasteiger partial charge in [0.25, 0.3) is 0 Å². The van der Waals surface area contributed by atoms with Crippen LogP contribution in [0.5, 0.6) is 0 Å². The molecule has 1 atom stereocenters. The molecule has 1 aliphatic heterocycles. The first-order chi connectivity index (χ1) is 9.16. The summed E-state index contributed by atoms with van der Waals surface area (Å²) in [5.41, 5.74) is 1.41. The Morgan fingerprint density at radius 1 is 1.11 bits per heavy atom. The molecule has 1 saturated heterocycles. The van der Waals surface area contributed by atoms with E-state index >= 15 is 0 Å². The molecule has 0 unspecified atom stereocenters. The third-order valence-electron chi connectivity index (χ3n) is 3.86. The quantitative estimate of drug-likeness (QED) is 0.884. The molecule has 2 nitrogen and oxygen atoms in total. The van der Waals surface area contributed by atoms with E-state index in [0.29, 0.717) is 6.04 Å². The van der Waals surface area contributed by atoms with E-state index in [2.05, 4.69) is 36.2 Å². The van der Waals surface area contributed by atoms with Crippen LogP contribution in [0.3, 0.4) is 0 Å². The molecule has 2 rings (SSSR count). The predicted molar refractivity (Wildman–Crippen MR) is 82.7 cm³/mol. The highest BCUT2D eigenvalue weighted by Gasteiger charge is 2.22. The average Bonchev–Trinajstić information content (AvgIpc) is 2.42. The molecule has 3 heteroatoms. The fourth-order valence-electron chi connectivity index (χ4n) is 2.73. The average molecular weight is 281 g/mol. The molecule has 0 aliphatic carbocycles. The van der Waals surface area contributed by atoms with Gasteiger partial charge in [0, 0.05) is 37.2 Å². The lowest BCUT2D eigenvalue weighted by molar-refractivity contribution is 0.160. The fourth-order valence-corrected chi connectivity index (χ4v) is 2.86. The molecular weight excluding hydrogens is 256 g/mol. The van der Waals surface area contributed by atoms with Gasteiger partial charge in [0.05, 0.1) is 0 Å². The first-order valence-corrected chi connectivity index (χ1v) is 7.75. The van der Waals surface area contributed by atoms with Crippen molar-refractivity contribution in [2.24, 2.45) is 5.92 Å². The molecule has 1 aromatic rings. The Morgan fingerprint density at radius 2 is 1.74 bits per heavy atom. The van der Waals surface area contributed by atoms with Gasteiger partial charge in [0.1, 0.15) is 0 Å². The van der Waals surface area contributed by atoms with Gasteiger partial charge in [-0.3, -0.25) is 4.90 Å². The third kappa shape index (κ3) is 4.48. The minimum atomic E-state index is 0.543. The highest BCUT2D eigenvalue weighted by Crippen LogP contribution is 2.28. The highest BCUT2D eigenvalue weighted by atomic mass is 35.5. The van der Waals surface area contributed by atoms with E-state index in [-0.39, 0.29) is 0 Å². The van der Waals surface area contributed by atoms with Crippen molar-refractivity contribution < 1.29 is 0 Å². The van der Waals surface area contributed by atoms with Gasteiger partial charge in [-0.25, -0.2) is 0 Å². The second kappa shape index (κ2) is 7.28. The van der Waals surface area contributed by atoms with Crippen LogP contribution in [0, 0.1) is 5.92 Å². The Morgan fingerprint density at radius 3 is 2.32 bits per heavy atom. The third-order valence-corrected chi connectivity index (χ3v) is 4.12. The summed E-state index contributed by atoms with van der Waals surface area (Å²) < 4.78 is 0. The number of halogens is 1. The maximum Gasteiger partial charge on any atom is 0.0406 e. The maximum absolute atomic E-state index is 6.01. The minimum absolute atomic E-state index is 0.543. The summed E-state index contributed by atoms with van der Waals surface area (Å²) in [5.74, 6) is 0.762. The number of rotatable bonds is 5. The molecule has 106 valence electrons. The van der Waals surface area contributed by atoms with E-state index < -0.39 is 0 Å². The van der Waals surface area contributed by atoms with Crippen LogP contribution < -0.4 is 5.32 Å². The molecule has 1 fully saturated rings. The summed E-state index contributed by atoms with van der Waals surface area (Å²) in [7, 11) is 0. The van der Waals surface area contributed by atoms with Crippen LogP contribution in [-0.2, 0) is 0 Å². The molecule has 19 heavy (non-hydrogen) atoms. The molecule has 0 bridgehead atoms. The molecule has 0 radical (unpaired) electrons. The highest BCUT2D eigenvalue weighted by molar-refractivity contribution is 6.30. The number of nitrogens with zero attached hydrogens (tertiary/aromatic N) is 1. The molecule has 1 heterocycles. The topological polar surface area (TPSA) is 15.3 Å². The predicted octanol–water partition coefficient (Wildman–Crippen LogP) is 3.72. The van der Waals surface area contributed by atoms with Gasteiger partial charge < -0.3 is 5.32 Å². The smallest absolute Gasteiger partial charge is 0.0406 e. The minimum Gasteiger partial charge on any atom is -0.314 e. The molecule has 1 aliphatic rings. The van der Waals surface area contributed by atoms with Gasteiger partial charge in [-0.05, 0) is 36.5 Å². The molecule has 0 amide bonds. The lowest BCUT2D eigenvalue weighted by Crippen LogP contribution is -2.45. The number of piperazine rings is 1. The van der Waals surface area contributed by atoms with Crippen molar-refractivity contribution in [2.75, 3.05) is 26.2 Å². The lowest BCUT2D eigenvalue weighted by atomic mass is 9.96. The van der Waals surface area contributed by atoms with Crippen molar-refractivity contribution in [3.63, 3.8) is 0 Å². The SMILES string of the molecule is CC(C)CC[C@H](c1ccc(Cl)cc1)N1CCNCC1. The monoisotopic (exact) mass is 280 g/mol. The Kier molecular flexibility index (Phi) is 5.68. The van der Waals surface area contributed by atoms with Crippen molar-refractivity contribution in [1.82, 2.24) is 10.2 Å². The van der Waals surface area contributed by atoms with Crippen LogP contribution in [0.4, 0.5) is 0 Å². The molecular formula is C16H25ClN2. The summed E-state index contributed by atoms with van der Waals surface area (Å²) in [6, 6.07) is 8.95. The first kappa shape index (κ1) is 14.8. The largest absolute Gasteiger partial charge is 0.314 e. The van der Waals surface area contributed by atoms with Crippen LogP contribution in [-0.4, -0.2) is 31.1 Å². The summed E-state index contributed by atoms with van der Waals surface area (Å²) in [5, 5.41) is 4.26.